The van der Waals surface area contributed by atoms with E-state index in [0.717, 1.165) is 36.3 Å². The number of rotatable bonds is 6. The predicted molar refractivity (Wildman–Crippen MR) is 118 cm³/mol. The van der Waals surface area contributed by atoms with Crippen LogP contribution < -0.4 is 16.0 Å². The molecule has 1 saturated heterocycles. The summed E-state index contributed by atoms with van der Waals surface area (Å²) in [5.74, 6) is 0.0477. The van der Waals surface area contributed by atoms with Crippen LogP contribution in [0, 0.1) is 6.92 Å². The van der Waals surface area contributed by atoms with Gasteiger partial charge in [-0.3, -0.25) is 14.9 Å². The molecule has 30 heavy (non-hydrogen) atoms. The highest BCUT2D eigenvalue weighted by molar-refractivity contribution is 6.10. The summed E-state index contributed by atoms with van der Waals surface area (Å²) in [7, 11) is 0. The number of ether oxygens (including phenoxy) is 1. The topological polar surface area (TPSA) is 91.8 Å². The number of carbonyl (C=O) groups is 2. The summed E-state index contributed by atoms with van der Waals surface area (Å²) in [4.78, 5) is 28.4. The zero-order valence-corrected chi connectivity index (χ0v) is 17.4. The number of hydrogen-bond acceptors (Lipinski definition) is 4. The minimum atomic E-state index is -0.256. The summed E-state index contributed by atoms with van der Waals surface area (Å²) < 4.78 is 5.64. The number of nitrogens with zero attached hydrogens (tertiary/aromatic N) is 1. The van der Waals surface area contributed by atoms with E-state index in [2.05, 4.69) is 20.9 Å². The molecule has 3 rings (SSSR count). The van der Waals surface area contributed by atoms with Gasteiger partial charge in [0.05, 0.1) is 12.6 Å². The lowest BCUT2D eigenvalue weighted by molar-refractivity contribution is -0.119. The zero-order valence-electron chi connectivity index (χ0n) is 17.4. The van der Waals surface area contributed by atoms with Crippen molar-refractivity contribution in [3.05, 3.63) is 65.2 Å². The lowest BCUT2D eigenvalue weighted by Gasteiger charge is -2.15. The van der Waals surface area contributed by atoms with Crippen LogP contribution in [-0.4, -0.2) is 37.0 Å². The van der Waals surface area contributed by atoms with E-state index in [4.69, 9.17) is 4.74 Å². The van der Waals surface area contributed by atoms with Crippen LogP contribution in [0.5, 0.6) is 0 Å². The first-order chi connectivity index (χ1) is 14.5. The summed E-state index contributed by atoms with van der Waals surface area (Å²) >= 11 is 0. The van der Waals surface area contributed by atoms with Crippen molar-refractivity contribution in [3.8, 4) is 0 Å². The Balaban J connectivity index is 1.69. The second-order valence-electron chi connectivity index (χ2n) is 7.33. The van der Waals surface area contributed by atoms with Crippen molar-refractivity contribution in [3.63, 3.8) is 0 Å². The van der Waals surface area contributed by atoms with E-state index in [9.17, 15) is 9.59 Å². The summed E-state index contributed by atoms with van der Waals surface area (Å²) in [6, 6.07) is 14.9. The molecule has 158 valence electrons. The fourth-order valence-corrected chi connectivity index (χ4v) is 3.11. The van der Waals surface area contributed by atoms with Gasteiger partial charge in [0.2, 0.25) is 11.9 Å². The van der Waals surface area contributed by atoms with Crippen molar-refractivity contribution in [1.82, 2.24) is 10.6 Å². The molecule has 0 unspecified atom stereocenters. The van der Waals surface area contributed by atoms with Crippen molar-refractivity contribution in [2.45, 2.75) is 39.3 Å². The number of anilines is 1. The van der Waals surface area contributed by atoms with E-state index < -0.39 is 0 Å². The number of guanidine groups is 1. The van der Waals surface area contributed by atoms with Crippen molar-refractivity contribution < 1.29 is 14.3 Å². The van der Waals surface area contributed by atoms with E-state index in [1.165, 1.54) is 6.92 Å². The van der Waals surface area contributed by atoms with Crippen LogP contribution in [0.4, 0.5) is 5.69 Å². The van der Waals surface area contributed by atoms with Crippen molar-refractivity contribution in [1.29, 1.82) is 0 Å². The monoisotopic (exact) mass is 408 g/mol. The summed E-state index contributed by atoms with van der Waals surface area (Å²) in [6.45, 7) is 5.15. The Morgan fingerprint density at radius 2 is 1.90 bits per heavy atom. The third-order valence-corrected chi connectivity index (χ3v) is 4.86. The Morgan fingerprint density at radius 1 is 1.13 bits per heavy atom. The van der Waals surface area contributed by atoms with Gasteiger partial charge in [-0.25, -0.2) is 4.99 Å². The second-order valence-corrected chi connectivity index (χ2v) is 7.33. The molecule has 7 heteroatoms. The molecule has 1 fully saturated rings. The maximum Gasteiger partial charge on any atom is 0.257 e. The van der Waals surface area contributed by atoms with Crippen molar-refractivity contribution in [2.75, 3.05) is 18.5 Å². The molecule has 2 amide bonds. The third kappa shape index (κ3) is 6.42. The molecule has 0 radical (unpaired) electrons. The van der Waals surface area contributed by atoms with Gasteiger partial charge in [-0.1, -0.05) is 30.3 Å². The molecule has 2 aromatic carbocycles. The Morgan fingerprint density at radius 3 is 2.57 bits per heavy atom. The lowest BCUT2D eigenvalue weighted by Crippen LogP contribution is -2.37. The Bertz CT molecular complexity index is 903. The minimum absolute atomic E-state index is 0.0867. The fourth-order valence-electron chi connectivity index (χ4n) is 3.11. The first-order valence-corrected chi connectivity index (χ1v) is 10.1. The summed E-state index contributed by atoms with van der Waals surface area (Å²) in [5.41, 5.74) is 3.37. The van der Waals surface area contributed by atoms with Gasteiger partial charge in [-0.05, 0) is 49.1 Å². The van der Waals surface area contributed by atoms with E-state index in [0.29, 0.717) is 24.6 Å². The number of aliphatic imine (C=N–C) groups is 1. The zero-order chi connectivity index (χ0) is 21.3. The fraction of sp³-hybridized carbons (Fsp3) is 0.348. The number of para-hydroxylation sites is 1. The Labute approximate surface area is 176 Å². The van der Waals surface area contributed by atoms with Crippen molar-refractivity contribution >= 4 is 23.5 Å². The van der Waals surface area contributed by atoms with Gasteiger partial charge in [-0.15, -0.1) is 0 Å². The lowest BCUT2D eigenvalue weighted by atomic mass is 10.1. The van der Waals surface area contributed by atoms with Crippen LogP contribution in [0.15, 0.2) is 53.5 Å². The van der Waals surface area contributed by atoms with Crippen LogP contribution in [0.25, 0.3) is 0 Å². The van der Waals surface area contributed by atoms with E-state index >= 15 is 0 Å². The molecular formula is C23H28N4O3. The first kappa shape index (κ1) is 21.5. The Kier molecular flexibility index (Phi) is 7.57. The molecule has 0 bridgehead atoms. The van der Waals surface area contributed by atoms with Crippen LogP contribution in [0.3, 0.4) is 0 Å². The normalized spacial score (nSPS) is 16.2. The van der Waals surface area contributed by atoms with Crippen LogP contribution >= 0.6 is 0 Å². The molecule has 0 saturated carbocycles. The second kappa shape index (κ2) is 10.5. The van der Waals surface area contributed by atoms with Gasteiger partial charge >= 0.3 is 0 Å². The van der Waals surface area contributed by atoms with Crippen LogP contribution in [0.1, 0.15) is 41.3 Å². The highest BCUT2D eigenvalue weighted by Crippen LogP contribution is 2.15. The molecule has 1 atom stereocenters. The van der Waals surface area contributed by atoms with Gasteiger partial charge in [0.1, 0.15) is 0 Å². The molecule has 3 N–H and O–H groups in total. The average molecular weight is 409 g/mol. The molecule has 1 aliphatic rings. The summed E-state index contributed by atoms with van der Waals surface area (Å²) in [5, 5.41) is 8.85. The predicted octanol–water partition coefficient (Wildman–Crippen LogP) is 3.01. The van der Waals surface area contributed by atoms with E-state index in [-0.39, 0.29) is 17.9 Å². The molecule has 7 nitrogen and oxygen atoms in total. The van der Waals surface area contributed by atoms with Crippen LogP contribution in [-0.2, 0) is 16.1 Å². The number of nitrogens with one attached hydrogen (secondary N) is 3. The first-order valence-electron chi connectivity index (χ1n) is 10.1. The molecule has 1 aliphatic heterocycles. The van der Waals surface area contributed by atoms with Gasteiger partial charge in [-0.2, -0.15) is 0 Å². The molecule has 0 aliphatic carbocycles. The maximum absolute atomic E-state index is 12.8. The Hall–Kier alpha value is -3.19. The highest BCUT2D eigenvalue weighted by atomic mass is 16.5. The molecular weight excluding hydrogens is 380 g/mol. The van der Waals surface area contributed by atoms with Gasteiger partial charge in [0, 0.05) is 31.3 Å². The van der Waals surface area contributed by atoms with E-state index in [1.807, 2.05) is 43.3 Å². The molecule has 1 heterocycles. The molecule has 0 aromatic heterocycles. The van der Waals surface area contributed by atoms with Crippen molar-refractivity contribution in [2.24, 2.45) is 4.99 Å². The smallest absolute Gasteiger partial charge is 0.257 e. The number of benzene rings is 2. The quantitative estimate of drug-likeness (QED) is 0.506. The maximum atomic E-state index is 12.8. The van der Waals surface area contributed by atoms with E-state index in [1.54, 1.807) is 12.1 Å². The third-order valence-electron chi connectivity index (χ3n) is 4.86. The van der Waals surface area contributed by atoms with Crippen LogP contribution in [0.2, 0.25) is 0 Å². The highest BCUT2D eigenvalue weighted by Gasteiger charge is 2.16. The van der Waals surface area contributed by atoms with Gasteiger partial charge in [0.15, 0.2) is 0 Å². The number of hydrogen-bond donors (Lipinski definition) is 3. The largest absolute Gasteiger partial charge is 0.376 e. The number of aryl methyl sites for hydroxylation is 1. The SMILES string of the molecule is CC(=O)NCc1ccc(C(=O)NC(=NC[C@H]2CCCO2)Nc2ccccc2C)cc1. The minimum Gasteiger partial charge on any atom is -0.376 e. The summed E-state index contributed by atoms with van der Waals surface area (Å²) in [6.07, 6.45) is 2.10. The van der Waals surface area contributed by atoms with Gasteiger partial charge < -0.3 is 15.4 Å². The molecule has 0 spiro atoms. The average Bonchev–Trinajstić information content (AvgIpc) is 3.26. The molecule has 2 aromatic rings. The van der Waals surface area contributed by atoms with Gasteiger partial charge in [0.25, 0.3) is 5.91 Å². The number of amides is 2. The standard InChI is InChI=1S/C23H28N4O3/c1-16-6-3-4-8-21(16)26-23(25-15-20-7-5-13-30-20)27-22(29)19-11-9-18(10-12-19)14-24-17(2)28/h3-4,6,8-12,20H,5,7,13-15H2,1-2H3,(H,24,28)(H2,25,26,27,29)/t20-/m1/s1. The number of carbonyl (C=O) groups excluding carboxylic acids is 2.